The van der Waals surface area contributed by atoms with Crippen LogP contribution in [-0.2, 0) is 0 Å². The lowest BCUT2D eigenvalue weighted by Gasteiger charge is -2.06. The molecular weight excluding hydrogens is 202 g/mol. The van der Waals surface area contributed by atoms with Crippen LogP contribution in [0.5, 0.6) is 0 Å². The molecule has 0 radical (unpaired) electrons. The Morgan fingerprint density at radius 2 is 1.94 bits per heavy atom. The highest BCUT2D eigenvalue weighted by atomic mass is 16.4. The number of fused-ring (bicyclic) bond motifs is 1. The van der Waals surface area contributed by atoms with Gasteiger partial charge in [0.25, 0.3) is 0 Å². The minimum absolute atomic E-state index is 0.279. The van der Waals surface area contributed by atoms with Gasteiger partial charge in [0.15, 0.2) is 0 Å². The molecule has 2 aromatic rings. The van der Waals surface area contributed by atoms with Crippen molar-refractivity contribution in [2.75, 3.05) is 0 Å². The highest BCUT2D eigenvalue weighted by Crippen LogP contribution is 2.18. The van der Waals surface area contributed by atoms with Gasteiger partial charge < -0.3 is 5.11 Å². The van der Waals surface area contributed by atoms with Crippen molar-refractivity contribution >= 4 is 16.9 Å². The van der Waals surface area contributed by atoms with E-state index < -0.39 is 5.97 Å². The van der Waals surface area contributed by atoms with Crippen molar-refractivity contribution < 1.29 is 9.90 Å². The smallest absolute Gasteiger partial charge is 0.335 e. The van der Waals surface area contributed by atoms with E-state index in [0.717, 1.165) is 16.6 Å². The van der Waals surface area contributed by atoms with Crippen molar-refractivity contribution in [1.82, 2.24) is 4.98 Å². The first kappa shape index (κ1) is 10.6. The fraction of sp³-hybridized carbons (Fsp3) is 0.231. The third-order valence-electron chi connectivity index (χ3n) is 2.55. The predicted octanol–water partition coefficient (Wildman–Crippen LogP) is 3.06. The second-order valence-corrected chi connectivity index (χ2v) is 4.10. The number of aromatic nitrogens is 1. The van der Waals surface area contributed by atoms with E-state index in [2.05, 4.69) is 18.8 Å². The van der Waals surface area contributed by atoms with Gasteiger partial charge >= 0.3 is 5.97 Å². The Morgan fingerprint density at radius 3 is 2.56 bits per heavy atom. The van der Waals surface area contributed by atoms with Gasteiger partial charge in [0.05, 0.1) is 11.1 Å². The van der Waals surface area contributed by atoms with Crippen LogP contribution in [0.3, 0.4) is 0 Å². The Labute approximate surface area is 93.7 Å². The molecule has 82 valence electrons. The number of hydrogen-bond acceptors (Lipinski definition) is 2. The molecule has 0 aliphatic heterocycles. The highest BCUT2D eigenvalue weighted by molar-refractivity contribution is 5.93. The molecule has 16 heavy (non-hydrogen) atoms. The van der Waals surface area contributed by atoms with Gasteiger partial charge in [-0.3, -0.25) is 4.98 Å². The lowest BCUT2D eigenvalue weighted by Crippen LogP contribution is -1.97. The highest BCUT2D eigenvalue weighted by Gasteiger charge is 2.06. The number of carboxylic acids is 1. The van der Waals surface area contributed by atoms with Crippen molar-refractivity contribution in [3.63, 3.8) is 0 Å². The van der Waals surface area contributed by atoms with Gasteiger partial charge in [-0.15, -0.1) is 0 Å². The van der Waals surface area contributed by atoms with Crippen LogP contribution in [0.1, 0.15) is 35.8 Å². The summed E-state index contributed by atoms with van der Waals surface area (Å²) in [4.78, 5) is 15.3. The van der Waals surface area contributed by atoms with E-state index in [1.165, 1.54) is 0 Å². The number of carbonyl (C=O) groups is 1. The molecule has 1 aromatic carbocycles. The average molecular weight is 215 g/mol. The Kier molecular flexibility index (Phi) is 2.60. The summed E-state index contributed by atoms with van der Waals surface area (Å²) in [5, 5.41) is 9.86. The molecule has 0 aliphatic rings. The van der Waals surface area contributed by atoms with Gasteiger partial charge in [-0.05, 0) is 24.1 Å². The van der Waals surface area contributed by atoms with Crippen molar-refractivity contribution in [3.8, 4) is 0 Å². The molecule has 0 atom stereocenters. The van der Waals surface area contributed by atoms with Gasteiger partial charge in [-0.25, -0.2) is 4.79 Å². The van der Waals surface area contributed by atoms with Gasteiger partial charge in [0, 0.05) is 11.1 Å². The first-order valence-corrected chi connectivity index (χ1v) is 5.22. The van der Waals surface area contributed by atoms with E-state index in [1.807, 2.05) is 12.1 Å². The van der Waals surface area contributed by atoms with Gasteiger partial charge in [0.1, 0.15) is 0 Å². The van der Waals surface area contributed by atoms with E-state index in [0.29, 0.717) is 5.92 Å². The van der Waals surface area contributed by atoms with Crippen LogP contribution in [0.15, 0.2) is 30.3 Å². The van der Waals surface area contributed by atoms with Crippen LogP contribution < -0.4 is 0 Å². The van der Waals surface area contributed by atoms with E-state index in [4.69, 9.17) is 5.11 Å². The lowest BCUT2D eigenvalue weighted by molar-refractivity contribution is 0.0697. The molecule has 0 spiro atoms. The standard InChI is InChI=1S/C13H13NO2/c1-8(2)11-6-5-9-3-4-10(13(15)16)7-12(9)14-11/h3-8H,1-2H3,(H,15,16). The molecule has 1 heterocycles. The fourth-order valence-corrected chi connectivity index (χ4v) is 1.59. The third kappa shape index (κ3) is 1.89. The molecule has 2 rings (SSSR count). The fourth-order valence-electron chi connectivity index (χ4n) is 1.59. The molecule has 0 saturated carbocycles. The van der Waals surface area contributed by atoms with Crippen LogP contribution in [0, 0.1) is 0 Å². The molecule has 0 saturated heterocycles. The maximum absolute atomic E-state index is 10.8. The molecule has 0 aliphatic carbocycles. The number of hydrogen-bond donors (Lipinski definition) is 1. The molecular formula is C13H13NO2. The predicted molar refractivity (Wildman–Crippen MR) is 62.8 cm³/mol. The minimum atomic E-state index is -0.918. The van der Waals surface area contributed by atoms with Crippen LogP contribution in [0.2, 0.25) is 0 Å². The summed E-state index contributed by atoms with van der Waals surface area (Å²) in [6.07, 6.45) is 0. The first-order valence-electron chi connectivity index (χ1n) is 5.22. The summed E-state index contributed by atoms with van der Waals surface area (Å²) in [6.45, 7) is 4.13. The lowest BCUT2D eigenvalue weighted by atomic mass is 10.1. The van der Waals surface area contributed by atoms with Gasteiger partial charge in [-0.2, -0.15) is 0 Å². The molecule has 0 amide bonds. The number of pyridine rings is 1. The van der Waals surface area contributed by atoms with Crippen molar-refractivity contribution in [1.29, 1.82) is 0 Å². The van der Waals surface area contributed by atoms with E-state index in [-0.39, 0.29) is 5.56 Å². The molecule has 3 nitrogen and oxygen atoms in total. The second kappa shape index (κ2) is 3.93. The average Bonchev–Trinajstić information content (AvgIpc) is 2.27. The zero-order valence-corrected chi connectivity index (χ0v) is 9.27. The molecule has 0 fully saturated rings. The first-order chi connectivity index (χ1) is 7.58. The Morgan fingerprint density at radius 1 is 1.25 bits per heavy atom. The quantitative estimate of drug-likeness (QED) is 0.837. The van der Waals surface area contributed by atoms with Crippen molar-refractivity contribution in [2.24, 2.45) is 0 Å². The number of benzene rings is 1. The topological polar surface area (TPSA) is 50.2 Å². The van der Waals surface area contributed by atoms with Crippen LogP contribution in [-0.4, -0.2) is 16.1 Å². The summed E-state index contributed by atoms with van der Waals surface area (Å²) >= 11 is 0. The number of rotatable bonds is 2. The number of carboxylic acid groups (broad SMARTS) is 1. The monoisotopic (exact) mass is 215 g/mol. The van der Waals surface area contributed by atoms with Crippen LogP contribution in [0.4, 0.5) is 0 Å². The van der Waals surface area contributed by atoms with Crippen LogP contribution in [0.25, 0.3) is 10.9 Å². The normalized spacial score (nSPS) is 10.9. The molecule has 0 unspecified atom stereocenters. The van der Waals surface area contributed by atoms with E-state index in [1.54, 1.807) is 18.2 Å². The largest absolute Gasteiger partial charge is 0.478 e. The molecule has 3 heteroatoms. The maximum atomic E-state index is 10.8. The Hall–Kier alpha value is -1.90. The summed E-state index contributed by atoms with van der Waals surface area (Å²) in [5.41, 5.74) is 2.00. The Bertz CT molecular complexity index is 547. The summed E-state index contributed by atoms with van der Waals surface area (Å²) in [7, 11) is 0. The third-order valence-corrected chi connectivity index (χ3v) is 2.55. The number of aromatic carboxylic acids is 1. The van der Waals surface area contributed by atoms with Crippen molar-refractivity contribution in [3.05, 3.63) is 41.6 Å². The molecule has 1 aromatic heterocycles. The minimum Gasteiger partial charge on any atom is -0.478 e. The maximum Gasteiger partial charge on any atom is 0.335 e. The van der Waals surface area contributed by atoms with Gasteiger partial charge in [-0.1, -0.05) is 26.0 Å². The van der Waals surface area contributed by atoms with Crippen molar-refractivity contribution in [2.45, 2.75) is 19.8 Å². The van der Waals surface area contributed by atoms with Gasteiger partial charge in [0.2, 0.25) is 0 Å². The van der Waals surface area contributed by atoms with E-state index in [9.17, 15) is 4.79 Å². The summed E-state index contributed by atoms with van der Waals surface area (Å²) < 4.78 is 0. The molecule has 0 bridgehead atoms. The summed E-state index contributed by atoms with van der Waals surface area (Å²) in [6, 6.07) is 8.96. The summed E-state index contributed by atoms with van der Waals surface area (Å²) in [5.74, 6) is -0.573. The zero-order chi connectivity index (χ0) is 11.7. The SMILES string of the molecule is CC(C)c1ccc2ccc(C(=O)O)cc2n1. The second-order valence-electron chi connectivity index (χ2n) is 4.10. The van der Waals surface area contributed by atoms with E-state index >= 15 is 0 Å². The zero-order valence-electron chi connectivity index (χ0n) is 9.27. The molecule has 1 N–H and O–H groups in total. The van der Waals surface area contributed by atoms with Crippen LogP contribution >= 0.6 is 0 Å². The Balaban J connectivity index is 2.61. The number of nitrogens with zero attached hydrogens (tertiary/aromatic N) is 1.